The van der Waals surface area contributed by atoms with Crippen molar-refractivity contribution in [3.05, 3.63) is 51.5 Å². The highest BCUT2D eigenvalue weighted by Gasteiger charge is 2.51. The molecule has 158 valence electrons. The fourth-order valence-corrected chi connectivity index (χ4v) is 4.88. The first kappa shape index (κ1) is 19.8. The Morgan fingerprint density at radius 2 is 2.03 bits per heavy atom. The van der Waals surface area contributed by atoms with E-state index in [1.807, 2.05) is 19.2 Å². The van der Waals surface area contributed by atoms with Gasteiger partial charge in [0.1, 0.15) is 17.4 Å². The summed E-state index contributed by atoms with van der Waals surface area (Å²) in [7, 11) is 1.96. The molecule has 1 aliphatic carbocycles. The molecule has 1 N–H and O–H groups in total. The van der Waals surface area contributed by atoms with Gasteiger partial charge in [-0.05, 0) is 43.3 Å². The van der Waals surface area contributed by atoms with Gasteiger partial charge in [0.05, 0.1) is 10.7 Å². The molecule has 0 unspecified atom stereocenters. The number of esters is 1. The van der Waals surface area contributed by atoms with E-state index in [4.69, 9.17) is 32.7 Å². The number of halogens is 2. The average Bonchev–Trinajstić information content (AvgIpc) is 2.95. The van der Waals surface area contributed by atoms with Gasteiger partial charge in [0, 0.05) is 37.5 Å². The number of aromatic hydroxyl groups is 1. The van der Waals surface area contributed by atoms with Crippen LogP contribution >= 0.6 is 23.2 Å². The van der Waals surface area contributed by atoms with Crippen LogP contribution in [0.3, 0.4) is 0 Å². The molecule has 0 amide bonds. The average molecular weight is 449 g/mol. The number of fused-ring (bicyclic) bond motifs is 1. The van der Waals surface area contributed by atoms with E-state index in [9.17, 15) is 9.90 Å². The Labute approximate surface area is 184 Å². The molecule has 2 aromatic rings. The first-order valence-electron chi connectivity index (χ1n) is 10.0. The summed E-state index contributed by atoms with van der Waals surface area (Å²) in [5, 5.41) is 11.5. The molecule has 0 aromatic heterocycles. The number of carbonyl (C=O) groups excluding carboxylic acids is 1. The molecule has 8 heteroatoms. The normalized spacial score (nSPS) is 19.8. The van der Waals surface area contributed by atoms with Crippen molar-refractivity contribution in [2.45, 2.75) is 37.6 Å². The fourth-order valence-electron chi connectivity index (χ4n) is 4.36. The summed E-state index contributed by atoms with van der Waals surface area (Å²) < 4.78 is 11.7. The molecule has 0 atom stereocenters. The maximum Gasteiger partial charge on any atom is 0.342 e. The van der Waals surface area contributed by atoms with Gasteiger partial charge in [0.15, 0.2) is 11.5 Å². The van der Waals surface area contributed by atoms with Crippen molar-refractivity contribution in [2.75, 3.05) is 25.0 Å². The zero-order chi connectivity index (χ0) is 21.0. The maximum atomic E-state index is 12.4. The topological polar surface area (TPSA) is 62.2 Å². The van der Waals surface area contributed by atoms with Crippen LogP contribution in [0, 0.1) is 0 Å². The maximum absolute atomic E-state index is 12.4. The number of anilines is 1. The van der Waals surface area contributed by atoms with Gasteiger partial charge >= 0.3 is 5.97 Å². The summed E-state index contributed by atoms with van der Waals surface area (Å²) in [6.07, 6.45) is 2.74. The Morgan fingerprint density at radius 1 is 1.27 bits per heavy atom. The van der Waals surface area contributed by atoms with E-state index in [-0.39, 0.29) is 17.4 Å². The Bertz CT molecular complexity index is 1020. The minimum Gasteiger partial charge on any atom is -0.507 e. The highest BCUT2D eigenvalue weighted by atomic mass is 35.5. The summed E-state index contributed by atoms with van der Waals surface area (Å²) in [5.41, 5.74) is 1.45. The van der Waals surface area contributed by atoms with Gasteiger partial charge in [-0.25, -0.2) is 4.79 Å². The number of phenolic OH excluding ortho intramolecular Hbond substituents is 1. The minimum absolute atomic E-state index is 0.0858. The van der Waals surface area contributed by atoms with Crippen molar-refractivity contribution >= 4 is 34.9 Å². The number of likely N-dealkylation sites (N-methyl/N-ethyl adjacent to an activating group) is 1. The Balaban J connectivity index is 1.38. The summed E-state index contributed by atoms with van der Waals surface area (Å²) in [6, 6.07) is 8.60. The second-order valence-electron chi connectivity index (χ2n) is 8.32. The number of rotatable bonds is 4. The molecule has 0 bridgehead atoms. The Hall–Kier alpha value is -2.15. The second-order valence-corrected chi connectivity index (χ2v) is 9.17. The first-order chi connectivity index (χ1) is 14.3. The van der Waals surface area contributed by atoms with E-state index in [2.05, 4.69) is 9.80 Å². The van der Waals surface area contributed by atoms with Crippen LogP contribution in [0.5, 0.6) is 11.5 Å². The lowest BCUT2D eigenvalue weighted by Gasteiger charge is -2.45. The van der Waals surface area contributed by atoms with Crippen molar-refractivity contribution in [1.82, 2.24) is 4.90 Å². The van der Waals surface area contributed by atoms with Crippen molar-refractivity contribution in [3.63, 3.8) is 0 Å². The van der Waals surface area contributed by atoms with Gasteiger partial charge in [-0.2, -0.15) is 0 Å². The molecular weight excluding hydrogens is 427 g/mol. The van der Waals surface area contributed by atoms with Crippen molar-refractivity contribution in [1.29, 1.82) is 0 Å². The Morgan fingerprint density at radius 3 is 2.67 bits per heavy atom. The number of hydrogen-bond donors (Lipinski definition) is 1. The van der Waals surface area contributed by atoms with Crippen LogP contribution in [0.15, 0.2) is 30.3 Å². The van der Waals surface area contributed by atoms with E-state index in [0.29, 0.717) is 35.4 Å². The summed E-state index contributed by atoms with van der Waals surface area (Å²) in [6.45, 7) is 1.93. The molecule has 5 rings (SSSR count). The number of benzene rings is 2. The minimum atomic E-state index is -0.499. The smallest absolute Gasteiger partial charge is 0.342 e. The van der Waals surface area contributed by atoms with Crippen LogP contribution in [0.1, 0.15) is 35.2 Å². The van der Waals surface area contributed by atoms with Gasteiger partial charge in [-0.3, -0.25) is 4.90 Å². The lowest BCUT2D eigenvalue weighted by molar-refractivity contribution is -0.0213. The van der Waals surface area contributed by atoms with Crippen molar-refractivity contribution in [3.8, 4) is 11.5 Å². The van der Waals surface area contributed by atoms with Crippen LogP contribution in [0.2, 0.25) is 10.0 Å². The Kier molecular flexibility index (Phi) is 4.76. The summed E-state index contributed by atoms with van der Waals surface area (Å²) >= 11 is 12.6. The van der Waals surface area contributed by atoms with Crippen LogP contribution in [-0.2, 0) is 11.3 Å². The quantitative estimate of drug-likeness (QED) is 0.697. The molecule has 6 nitrogen and oxygen atoms in total. The summed E-state index contributed by atoms with van der Waals surface area (Å²) in [4.78, 5) is 16.6. The van der Waals surface area contributed by atoms with Gasteiger partial charge in [-0.1, -0.05) is 29.3 Å². The summed E-state index contributed by atoms with van der Waals surface area (Å²) in [5.74, 6) is 0.0639. The zero-order valence-electron chi connectivity index (χ0n) is 16.5. The molecule has 2 fully saturated rings. The van der Waals surface area contributed by atoms with E-state index >= 15 is 0 Å². The van der Waals surface area contributed by atoms with E-state index in [0.717, 1.165) is 30.5 Å². The molecule has 1 saturated heterocycles. The van der Waals surface area contributed by atoms with Crippen LogP contribution in [0.25, 0.3) is 0 Å². The number of ether oxygens (including phenoxy) is 2. The lowest BCUT2D eigenvalue weighted by atomic mass is 9.86. The van der Waals surface area contributed by atoms with E-state index < -0.39 is 11.7 Å². The van der Waals surface area contributed by atoms with Crippen molar-refractivity contribution in [2.24, 2.45) is 0 Å². The highest BCUT2D eigenvalue weighted by Crippen LogP contribution is 2.55. The molecule has 3 aliphatic rings. The monoisotopic (exact) mass is 448 g/mol. The van der Waals surface area contributed by atoms with E-state index in [1.54, 1.807) is 18.2 Å². The van der Waals surface area contributed by atoms with Gasteiger partial charge in [0.25, 0.3) is 0 Å². The van der Waals surface area contributed by atoms with Crippen LogP contribution in [-0.4, -0.2) is 47.9 Å². The molecule has 0 radical (unpaired) electrons. The molecule has 30 heavy (non-hydrogen) atoms. The third-order valence-electron chi connectivity index (χ3n) is 6.13. The highest BCUT2D eigenvalue weighted by molar-refractivity contribution is 6.36. The number of hydrogen-bond acceptors (Lipinski definition) is 6. The molecule has 2 heterocycles. The fraction of sp³-hybridized carbons (Fsp3) is 0.409. The first-order valence-corrected chi connectivity index (χ1v) is 10.8. The van der Waals surface area contributed by atoms with Crippen LogP contribution < -0.4 is 9.64 Å². The number of nitrogens with zero attached hydrogens (tertiary/aromatic N) is 2. The number of likely N-dealkylation sites (tertiary alicyclic amines) is 1. The van der Waals surface area contributed by atoms with Crippen LogP contribution in [0.4, 0.5) is 5.69 Å². The largest absolute Gasteiger partial charge is 0.507 e. The second kappa shape index (κ2) is 7.22. The molecule has 2 aromatic carbocycles. The van der Waals surface area contributed by atoms with Crippen molar-refractivity contribution < 1.29 is 19.4 Å². The lowest BCUT2D eigenvalue weighted by Crippen LogP contribution is -2.54. The van der Waals surface area contributed by atoms with Gasteiger partial charge in [-0.15, -0.1) is 0 Å². The molecule has 2 aliphatic heterocycles. The SMILES string of the molecule is CN1CC(OC(=O)c2ccc(CN3c4cc(Cl)cc(Cl)c4OC34CCC4)cc2O)C1. The predicted molar refractivity (Wildman–Crippen MR) is 115 cm³/mol. The number of phenols is 1. The zero-order valence-corrected chi connectivity index (χ0v) is 18.0. The van der Waals surface area contributed by atoms with Gasteiger partial charge in [0.2, 0.25) is 0 Å². The predicted octanol–water partition coefficient (Wildman–Crippen LogP) is 4.45. The van der Waals surface area contributed by atoms with E-state index in [1.165, 1.54) is 0 Å². The number of carbonyl (C=O) groups is 1. The third-order valence-corrected chi connectivity index (χ3v) is 6.62. The van der Waals surface area contributed by atoms with Gasteiger partial charge < -0.3 is 19.5 Å². The third kappa shape index (κ3) is 3.27. The molecular formula is C22H22Cl2N2O4. The molecule has 1 saturated carbocycles. The molecule has 1 spiro atoms. The standard InChI is InChI=1S/C22H22Cl2N2O4/c1-25-11-15(12-25)29-21(28)16-4-3-13(7-19(16)27)10-26-18-9-14(23)8-17(24)20(18)30-22(26)5-2-6-22/h3-4,7-9,15,27H,2,5-6,10-12H2,1H3.